The Morgan fingerprint density at radius 2 is 1.78 bits per heavy atom. The van der Waals surface area contributed by atoms with E-state index in [1.807, 2.05) is 13.8 Å². The monoisotopic (exact) mass is 439 g/mol. The Kier molecular flexibility index (Phi) is 7.48. The van der Waals surface area contributed by atoms with Crippen LogP contribution in [0.15, 0.2) is 48.3 Å². The summed E-state index contributed by atoms with van der Waals surface area (Å²) in [6, 6.07) is 7.67. The van der Waals surface area contributed by atoms with E-state index in [0.29, 0.717) is 35.7 Å². The predicted molar refractivity (Wildman–Crippen MR) is 121 cm³/mol. The number of para-hydroxylation sites is 1. The molecule has 0 bridgehead atoms. The van der Waals surface area contributed by atoms with Gasteiger partial charge in [-0.15, -0.1) is 0 Å². The molecule has 0 unspecified atom stereocenters. The standard InChI is InChI=1S/C24H29N3O5/c1-5-26(6-2)14-15-27-20(17-8-7-9-18(31-3)23(17)32-4)19(22(29)24(27)30)21(28)16-10-12-25-13-11-16/h7-13,20,28H,5-6,14-15H2,1-4H3/t20-/m0/s1. The van der Waals surface area contributed by atoms with Crippen LogP contribution in [0.5, 0.6) is 11.5 Å². The van der Waals surface area contributed by atoms with Gasteiger partial charge in [-0.2, -0.15) is 0 Å². The zero-order valence-corrected chi connectivity index (χ0v) is 18.9. The Bertz CT molecular complexity index is 1000. The average Bonchev–Trinajstić information content (AvgIpc) is 3.08. The number of rotatable bonds is 9. The number of aliphatic hydroxyl groups excluding tert-OH is 1. The molecule has 32 heavy (non-hydrogen) atoms. The Morgan fingerprint density at radius 3 is 2.38 bits per heavy atom. The van der Waals surface area contributed by atoms with Crippen LogP contribution in [0.4, 0.5) is 0 Å². The van der Waals surface area contributed by atoms with Crippen molar-refractivity contribution in [2.45, 2.75) is 19.9 Å². The van der Waals surface area contributed by atoms with Gasteiger partial charge in [-0.25, -0.2) is 0 Å². The number of methoxy groups -OCH3 is 2. The molecule has 0 aliphatic carbocycles. The molecule has 1 atom stereocenters. The maximum atomic E-state index is 13.1. The summed E-state index contributed by atoms with van der Waals surface area (Å²) in [4.78, 5) is 33.9. The molecule has 1 aliphatic rings. The highest BCUT2D eigenvalue weighted by molar-refractivity contribution is 6.46. The third-order valence-electron chi connectivity index (χ3n) is 5.77. The maximum absolute atomic E-state index is 13.1. The lowest BCUT2D eigenvalue weighted by molar-refractivity contribution is -0.140. The van der Waals surface area contributed by atoms with Crippen molar-refractivity contribution in [3.05, 3.63) is 59.4 Å². The second-order valence-electron chi connectivity index (χ2n) is 7.34. The molecule has 1 aromatic heterocycles. The molecule has 0 saturated carbocycles. The first-order valence-corrected chi connectivity index (χ1v) is 10.6. The number of amides is 1. The first kappa shape index (κ1) is 23.3. The first-order valence-electron chi connectivity index (χ1n) is 10.6. The molecule has 3 rings (SSSR count). The zero-order valence-electron chi connectivity index (χ0n) is 18.9. The Labute approximate surface area is 188 Å². The summed E-state index contributed by atoms with van der Waals surface area (Å²) in [7, 11) is 3.03. The Balaban J connectivity index is 2.19. The van der Waals surface area contributed by atoms with E-state index >= 15 is 0 Å². The van der Waals surface area contributed by atoms with Crippen LogP contribution in [0.3, 0.4) is 0 Å². The van der Waals surface area contributed by atoms with Gasteiger partial charge in [0.15, 0.2) is 11.5 Å². The van der Waals surface area contributed by atoms with Crippen LogP contribution in [0.2, 0.25) is 0 Å². The summed E-state index contributed by atoms with van der Waals surface area (Å²) in [6.45, 7) is 6.66. The number of benzene rings is 1. The highest BCUT2D eigenvalue weighted by Gasteiger charge is 2.47. The summed E-state index contributed by atoms with van der Waals surface area (Å²) in [5, 5.41) is 11.1. The number of likely N-dealkylation sites (N-methyl/N-ethyl adjacent to an activating group) is 1. The zero-order chi connectivity index (χ0) is 23.3. The van der Waals surface area contributed by atoms with Gasteiger partial charge >= 0.3 is 0 Å². The van der Waals surface area contributed by atoms with Gasteiger partial charge in [-0.05, 0) is 31.3 Å². The van der Waals surface area contributed by atoms with E-state index in [0.717, 1.165) is 13.1 Å². The van der Waals surface area contributed by atoms with Gasteiger partial charge in [0.25, 0.3) is 11.7 Å². The van der Waals surface area contributed by atoms with Gasteiger partial charge in [0, 0.05) is 36.6 Å². The van der Waals surface area contributed by atoms with Gasteiger partial charge in [0.05, 0.1) is 25.8 Å². The van der Waals surface area contributed by atoms with Crippen LogP contribution >= 0.6 is 0 Å². The van der Waals surface area contributed by atoms with E-state index in [1.54, 1.807) is 30.3 Å². The summed E-state index contributed by atoms with van der Waals surface area (Å²) >= 11 is 0. The summed E-state index contributed by atoms with van der Waals surface area (Å²) in [6.07, 6.45) is 3.04. The summed E-state index contributed by atoms with van der Waals surface area (Å²) < 4.78 is 11.0. The fourth-order valence-electron chi connectivity index (χ4n) is 4.02. The highest BCUT2D eigenvalue weighted by atomic mass is 16.5. The molecule has 2 aromatic rings. The van der Waals surface area contributed by atoms with E-state index in [1.165, 1.54) is 31.5 Å². The number of aromatic nitrogens is 1. The van der Waals surface area contributed by atoms with E-state index < -0.39 is 17.7 Å². The Hall–Kier alpha value is -3.39. The molecule has 8 heteroatoms. The van der Waals surface area contributed by atoms with Crippen molar-refractivity contribution in [3.63, 3.8) is 0 Å². The van der Waals surface area contributed by atoms with Crippen LogP contribution in [-0.2, 0) is 9.59 Å². The molecular formula is C24H29N3O5. The Morgan fingerprint density at radius 1 is 1.09 bits per heavy atom. The molecule has 0 spiro atoms. The van der Waals surface area contributed by atoms with E-state index in [4.69, 9.17) is 9.47 Å². The highest BCUT2D eigenvalue weighted by Crippen LogP contribution is 2.45. The first-order chi connectivity index (χ1) is 15.5. The van der Waals surface area contributed by atoms with Gasteiger partial charge < -0.3 is 24.4 Å². The molecule has 0 radical (unpaired) electrons. The number of aliphatic hydroxyl groups is 1. The molecule has 1 aliphatic heterocycles. The van der Waals surface area contributed by atoms with E-state index in [9.17, 15) is 14.7 Å². The third kappa shape index (κ3) is 4.31. The van der Waals surface area contributed by atoms with E-state index in [-0.39, 0.29) is 11.3 Å². The minimum Gasteiger partial charge on any atom is -0.507 e. The van der Waals surface area contributed by atoms with Gasteiger partial charge in [-0.3, -0.25) is 14.6 Å². The molecular weight excluding hydrogens is 410 g/mol. The maximum Gasteiger partial charge on any atom is 0.295 e. The van der Waals surface area contributed by atoms with E-state index in [2.05, 4.69) is 9.88 Å². The predicted octanol–water partition coefficient (Wildman–Crippen LogP) is 2.86. The number of ether oxygens (including phenoxy) is 2. The molecule has 1 amide bonds. The van der Waals surface area contributed by atoms with Crippen LogP contribution in [0.1, 0.15) is 31.0 Å². The van der Waals surface area contributed by atoms with Crippen molar-refractivity contribution in [2.75, 3.05) is 40.4 Å². The lowest BCUT2D eigenvalue weighted by Crippen LogP contribution is -2.38. The molecule has 1 fully saturated rings. The quantitative estimate of drug-likeness (QED) is 0.365. The van der Waals surface area contributed by atoms with Crippen LogP contribution in [-0.4, -0.2) is 72.0 Å². The van der Waals surface area contributed by atoms with Gasteiger partial charge in [-0.1, -0.05) is 26.0 Å². The van der Waals surface area contributed by atoms with Crippen molar-refractivity contribution in [3.8, 4) is 11.5 Å². The number of ketones is 1. The molecule has 1 N–H and O–H groups in total. The van der Waals surface area contributed by atoms with Crippen molar-refractivity contribution in [1.29, 1.82) is 0 Å². The molecule has 8 nitrogen and oxygen atoms in total. The van der Waals surface area contributed by atoms with Gasteiger partial charge in [0.2, 0.25) is 0 Å². The number of carbonyl (C=O) groups is 2. The van der Waals surface area contributed by atoms with Crippen molar-refractivity contribution in [1.82, 2.24) is 14.8 Å². The average molecular weight is 440 g/mol. The number of hydrogen-bond acceptors (Lipinski definition) is 7. The van der Waals surface area contributed by atoms with Crippen molar-refractivity contribution in [2.24, 2.45) is 0 Å². The SMILES string of the molecule is CCN(CC)CCN1C(=O)C(=O)C(=C(O)c2ccncc2)[C@@H]1c1cccc(OC)c1OC. The normalized spacial score (nSPS) is 17.8. The van der Waals surface area contributed by atoms with Crippen molar-refractivity contribution >= 4 is 17.4 Å². The molecule has 2 heterocycles. The number of likely N-dealkylation sites (tertiary alicyclic amines) is 1. The molecule has 1 aromatic carbocycles. The topological polar surface area (TPSA) is 92.2 Å². The fourth-order valence-corrected chi connectivity index (χ4v) is 4.02. The minimum absolute atomic E-state index is 0.0206. The van der Waals surface area contributed by atoms with Crippen LogP contribution in [0.25, 0.3) is 5.76 Å². The molecule has 1 saturated heterocycles. The van der Waals surface area contributed by atoms with Crippen LogP contribution in [0, 0.1) is 0 Å². The lowest BCUT2D eigenvalue weighted by atomic mass is 9.94. The smallest absolute Gasteiger partial charge is 0.295 e. The minimum atomic E-state index is -0.816. The second kappa shape index (κ2) is 10.3. The van der Waals surface area contributed by atoms with Gasteiger partial charge in [0.1, 0.15) is 5.76 Å². The number of Topliss-reactive ketones (excluding diaryl/α,β-unsaturated/α-hetero) is 1. The number of pyridine rings is 1. The fraction of sp³-hybridized carbons (Fsp3) is 0.375. The number of hydrogen-bond donors (Lipinski definition) is 1. The third-order valence-corrected chi connectivity index (χ3v) is 5.77. The lowest BCUT2D eigenvalue weighted by Gasteiger charge is -2.29. The van der Waals surface area contributed by atoms with Crippen molar-refractivity contribution < 1.29 is 24.2 Å². The second-order valence-corrected chi connectivity index (χ2v) is 7.34. The number of nitrogens with zero attached hydrogens (tertiary/aromatic N) is 3. The number of carbonyl (C=O) groups excluding carboxylic acids is 2. The van der Waals surface area contributed by atoms with Crippen LogP contribution < -0.4 is 9.47 Å². The molecule has 170 valence electrons. The largest absolute Gasteiger partial charge is 0.507 e. The summed E-state index contributed by atoms with van der Waals surface area (Å²) in [5.41, 5.74) is 1.00. The summed E-state index contributed by atoms with van der Waals surface area (Å²) in [5.74, 6) is -0.735.